The normalized spacial score (nSPS) is 18.9. The van der Waals surface area contributed by atoms with Crippen LogP contribution in [0.3, 0.4) is 0 Å². The lowest BCUT2D eigenvalue weighted by atomic mass is 10.1. The molecule has 8 nitrogen and oxygen atoms in total. The Labute approximate surface area is 144 Å². The molecule has 0 radical (unpaired) electrons. The molecule has 1 saturated heterocycles. The first kappa shape index (κ1) is 15.7. The monoisotopic (exact) mass is 344 g/mol. The number of fused-ring (bicyclic) bond motifs is 1. The van der Waals surface area contributed by atoms with E-state index in [0.717, 1.165) is 30.5 Å². The number of esters is 1. The van der Waals surface area contributed by atoms with Crippen LogP contribution >= 0.6 is 0 Å². The fourth-order valence-corrected chi connectivity index (χ4v) is 3.35. The van der Waals surface area contributed by atoms with Crippen LogP contribution in [0.5, 0.6) is 0 Å². The zero-order chi connectivity index (χ0) is 17.6. The molecule has 2 N–H and O–H groups in total. The quantitative estimate of drug-likeness (QED) is 0.851. The maximum Gasteiger partial charge on any atom is 0.414 e. The number of cyclic esters (lactones) is 1. The molecule has 132 valence electrons. The van der Waals surface area contributed by atoms with Gasteiger partial charge in [0.2, 0.25) is 5.95 Å². The van der Waals surface area contributed by atoms with Gasteiger partial charge in [0, 0.05) is 18.8 Å². The summed E-state index contributed by atoms with van der Waals surface area (Å²) in [6.07, 6.45) is 2.02. The first-order chi connectivity index (χ1) is 12.0. The molecule has 1 aliphatic heterocycles. The Bertz CT molecular complexity index is 856. The van der Waals surface area contributed by atoms with Crippen molar-refractivity contribution >= 4 is 34.7 Å². The molecule has 1 aliphatic carbocycles. The molecular formula is C17H20N4O4. The zero-order valence-corrected chi connectivity index (χ0v) is 14.0. The molecule has 0 spiro atoms. The van der Waals surface area contributed by atoms with E-state index in [1.807, 2.05) is 22.8 Å². The van der Waals surface area contributed by atoms with Crippen molar-refractivity contribution in [2.24, 2.45) is 5.41 Å². The van der Waals surface area contributed by atoms with Crippen molar-refractivity contribution in [1.29, 1.82) is 0 Å². The summed E-state index contributed by atoms with van der Waals surface area (Å²) in [7, 11) is 1.40. The van der Waals surface area contributed by atoms with E-state index in [0.29, 0.717) is 31.2 Å². The standard InChI is InChI=1S/C17H20N4O4/c1-24-14(22)17(5-6-17)10-21-13-4-3-11(9-12(13)19-15(21)18)20-7-2-8-25-16(20)23/h3-4,9H,2,5-8,10H2,1H3,(H2,18,19). The third-order valence-corrected chi connectivity index (χ3v) is 4.98. The molecule has 25 heavy (non-hydrogen) atoms. The molecule has 0 unspecified atom stereocenters. The van der Waals surface area contributed by atoms with Gasteiger partial charge >= 0.3 is 12.1 Å². The molecule has 0 bridgehead atoms. The molecule has 2 aliphatic rings. The lowest BCUT2D eigenvalue weighted by Gasteiger charge is -2.26. The number of amides is 1. The van der Waals surface area contributed by atoms with Crippen LogP contribution in [0.2, 0.25) is 0 Å². The van der Waals surface area contributed by atoms with Gasteiger partial charge in [0.25, 0.3) is 0 Å². The summed E-state index contributed by atoms with van der Waals surface area (Å²) in [6, 6.07) is 5.56. The van der Waals surface area contributed by atoms with Crippen LogP contribution in [0.4, 0.5) is 16.4 Å². The number of rotatable bonds is 4. The predicted octanol–water partition coefficient (Wildman–Crippen LogP) is 1.92. The van der Waals surface area contributed by atoms with Gasteiger partial charge in [-0.2, -0.15) is 0 Å². The van der Waals surface area contributed by atoms with Gasteiger partial charge in [-0.3, -0.25) is 9.69 Å². The molecule has 2 heterocycles. The summed E-state index contributed by atoms with van der Waals surface area (Å²) >= 11 is 0. The van der Waals surface area contributed by atoms with E-state index in [1.54, 1.807) is 4.90 Å². The second kappa shape index (κ2) is 5.65. The maximum atomic E-state index is 12.0. The molecule has 1 saturated carbocycles. The van der Waals surface area contributed by atoms with Crippen molar-refractivity contribution < 1.29 is 19.1 Å². The van der Waals surface area contributed by atoms with Crippen molar-refractivity contribution in [3.05, 3.63) is 18.2 Å². The zero-order valence-electron chi connectivity index (χ0n) is 14.0. The van der Waals surface area contributed by atoms with Gasteiger partial charge in [-0.1, -0.05) is 0 Å². The third-order valence-electron chi connectivity index (χ3n) is 4.98. The van der Waals surface area contributed by atoms with Crippen LogP contribution in [0, 0.1) is 5.41 Å². The molecule has 1 aromatic heterocycles. The van der Waals surface area contributed by atoms with Crippen molar-refractivity contribution in [2.75, 3.05) is 30.9 Å². The van der Waals surface area contributed by atoms with E-state index in [-0.39, 0.29) is 12.1 Å². The highest BCUT2D eigenvalue weighted by Crippen LogP contribution is 2.49. The highest BCUT2D eigenvalue weighted by atomic mass is 16.6. The Morgan fingerprint density at radius 3 is 2.92 bits per heavy atom. The fraction of sp³-hybridized carbons (Fsp3) is 0.471. The fourth-order valence-electron chi connectivity index (χ4n) is 3.35. The Morgan fingerprint density at radius 1 is 1.44 bits per heavy atom. The van der Waals surface area contributed by atoms with Gasteiger partial charge in [-0.05, 0) is 37.5 Å². The molecule has 1 amide bonds. The summed E-state index contributed by atoms with van der Waals surface area (Å²) in [5.74, 6) is 0.144. The minimum atomic E-state index is -0.494. The number of nitrogen functional groups attached to an aromatic ring is 1. The third kappa shape index (κ3) is 2.57. The minimum absolute atomic E-state index is 0.207. The smallest absolute Gasteiger partial charge is 0.414 e. The molecule has 1 aromatic carbocycles. The lowest BCUT2D eigenvalue weighted by molar-refractivity contribution is -0.147. The van der Waals surface area contributed by atoms with Crippen molar-refractivity contribution in [1.82, 2.24) is 9.55 Å². The number of nitrogens with zero attached hydrogens (tertiary/aromatic N) is 3. The number of nitrogens with two attached hydrogens (primary N) is 1. The van der Waals surface area contributed by atoms with Gasteiger partial charge in [0.05, 0.1) is 30.2 Å². The number of methoxy groups -OCH3 is 1. The van der Waals surface area contributed by atoms with E-state index < -0.39 is 5.41 Å². The first-order valence-corrected chi connectivity index (χ1v) is 8.32. The Hall–Kier alpha value is -2.77. The van der Waals surface area contributed by atoms with E-state index in [2.05, 4.69) is 4.98 Å². The largest absolute Gasteiger partial charge is 0.469 e. The number of carbonyl (C=O) groups is 2. The van der Waals surface area contributed by atoms with Crippen LogP contribution in [0.1, 0.15) is 19.3 Å². The molecular weight excluding hydrogens is 324 g/mol. The van der Waals surface area contributed by atoms with Gasteiger partial charge in [-0.25, -0.2) is 9.78 Å². The lowest BCUT2D eigenvalue weighted by Crippen LogP contribution is -2.37. The van der Waals surface area contributed by atoms with Crippen molar-refractivity contribution in [2.45, 2.75) is 25.8 Å². The Morgan fingerprint density at radius 2 is 2.24 bits per heavy atom. The maximum absolute atomic E-state index is 12.0. The molecule has 8 heteroatoms. The summed E-state index contributed by atoms with van der Waals surface area (Å²) in [5.41, 5.74) is 7.84. The van der Waals surface area contributed by atoms with E-state index in [1.165, 1.54) is 7.11 Å². The number of ether oxygens (including phenoxy) is 2. The minimum Gasteiger partial charge on any atom is -0.469 e. The highest BCUT2D eigenvalue weighted by Gasteiger charge is 2.51. The van der Waals surface area contributed by atoms with Crippen LogP contribution in [0.25, 0.3) is 11.0 Å². The SMILES string of the molecule is COC(=O)C1(Cn2c(N)nc3cc(N4CCCOC4=O)ccc32)CC1. The molecule has 2 aromatic rings. The number of imidazole rings is 1. The van der Waals surface area contributed by atoms with Crippen molar-refractivity contribution in [3.63, 3.8) is 0 Å². The number of anilines is 2. The van der Waals surface area contributed by atoms with Crippen LogP contribution in [-0.2, 0) is 20.8 Å². The van der Waals surface area contributed by atoms with Crippen LogP contribution < -0.4 is 10.6 Å². The highest BCUT2D eigenvalue weighted by molar-refractivity contribution is 5.92. The summed E-state index contributed by atoms with van der Waals surface area (Å²) in [4.78, 5) is 29.9. The number of hydrogen-bond acceptors (Lipinski definition) is 6. The van der Waals surface area contributed by atoms with E-state index in [4.69, 9.17) is 15.2 Å². The van der Waals surface area contributed by atoms with Gasteiger partial charge in [0.1, 0.15) is 0 Å². The summed E-state index contributed by atoms with van der Waals surface area (Å²) < 4.78 is 11.8. The number of hydrogen-bond donors (Lipinski definition) is 1. The Balaban J connectivity index is 1.67. The average molecular weight is 344 g/mol. The second-order valence-electron chi connectivity index (χ2n) is 6.62. The van der Waals surface area contributed by atoms with Gasteiger partial charge in [0.15, 0.2) is 0 Å². The predicted molar refractivity (Wildman–Crippen MR) is 91.1 cm³/mol. The first-order valence-electron chi connectivity index (χ1n) is 8.32. The topological polar surface area (TPSA) is 99.7 Å². The molecule has 4 rings (SSSR count). The van der Waals surface area contributed by atoms with Crippen LogP contribution in [0.15, 0.2) is 18.2 Å². The Kier molecular flexibility index (Phi) is 3.55. The second-order valence-corrected chi connectivity index (χ2v) is 6.62. The molecule has 2 fully saturated rings. The van der Waals surface area contributed by atoms with E-state index in [9.17, 15) is 9.59 Å². The van der Waals surface area contributed by atoms with Gasteiger partial charge in [-0.15, -0.1) is 0 Å². The summed E-state index contributed by atoms with van der Waals surface area (Å²) in [6.45, 7) is 1.52. The van der Waals surface area contributed by atoms with Crippen LogP contribution in [-0.4, -0.2) is 41.9 Å². The number of aromatic nitrogens is 2. The summed E-state index contributed by atoms with van der Waals surface area (Å²) in [5, 5.41) is 0. The average Bonchev–Trinajstić information content (AvgIpc) is 3.34. The number of benzene rings is 1. The number of carbonyl (C=O) groups excluding carboxylic acids is 2. The van der Waals surface area contributed by atoms with Crippen molar-refractivity contribution in [3.8, 4) is 0 Å². The van der Waals surface area contributed by atoms with Gasteiger partial charge < -0.3 is 19.8 Å². The van der Waals surface area contributed by atoms with E-state index >= 15 is 0 Å². The molecule has 0 atom stereocenters.